The van der Waals surface area contributed by atoms with Crippen LogP contribution in [-0.2, 0) is 4.74 Å². The van der Waals surface area contributed by atoms with Gasteiger partial charge in [-0.05, 0) is 32.0 Å². The third-order valence-corrected chi connectivity index (χ3v) is 3.27. The molecule has 0 amide bonds. The first kappa shape index (κ1) is 13.0. The Bertz CT molecular complexity index is 643. The van der Waals surface area contributed by atoms with Gasteiger partial charge in [0.05, 0.1) is 17.6 Å². The Balaban J connectivity index is 2.01. The molecule has 0 bridgehead atoms. The Kier molecular flexibility index (Phi) is 3.36. The van der Waals surface area contributed by atoms with E-state index < -0.39 is 0 Å². The van der Waals surface area contributed by atoms with E-state index in [1.54, 1.807) is 19.1 Å². The van der Waals surface area contributed by atoms with Crippen LogP contribution in [0.1, 0.15) is 23.0 Å². The van der Waals surface area contributed by atoms with E-state index in [1.807, 2.05) is 13.0 Å². The smallest absolute Gasteiger partial charge is 0.338 e. The lowest BCUT2D eigenvalue weighted by atomic mass is 10.1. The molecule has 1 N–H and O–H groups in total. The van der Waals surface area contributed by atoms with Gasteiger partial charge in [-0.2, -0.15) is 0 Å². The molecule has 1 aliphatic heterocycles. The van der Waals surface area contributed by atoms with E-state index in [1.165, 1.54) is 0 Å². The third-order valence-electron chi connectivity index (χ3n) is 3.27. The van der Waals surface area contributed by atoms with Gasteiger partial charge < -0.3 is 19.2 Å². The molecular formula is C15H17NO4. The van der Waals surface area contributed by atoms with Crippen molar-refractivity contribution in [3.8, 4) is 5.75 Å². The molecule has 5 nitrogen and oxygen atoms in total. The van der Waals surface area contributed by atoms with Gasteiger partial charge in [-0.25, -0.2) is 4.79 Å². The summed E-state index contributed by atoms with van der Waals surface area (Å²) in [6.07, 6.45) is 0.144. The molecule has 3 rings (SSSR count). The fourth-order valence-corrected chi connectivity index (χ4v) is 2.19. The van der Waals surface area contributed by atoms with Gasteiger partial charge in [-0.1, -0.05) is 0 Å². The van der Waals surface area contributed by atoms with Crippen molar-refractivity contribution in [2.75, 3.05) is 19.7 Å². The van der Waals surface area contributed by atoms with E-state index in [0.29, 0.717) is 23.5 Å². The molecule has 2 aromatic rings. The van der Waals surface area contributed by atoms with Gasteiger partial charge in [-0.15, -0.1) is 0 Å². The lowest BCUT2D eigenvalue weighted by Gasteiger charge is -2.28. The number of fused-ring (bicyclic) bond motifs is 1. The molecule has 0 atom stereocenters. The fourth-order valence-electron chi connectivity index (χ4n) is 2.19. The monoisotopic (exact) mass is 275 g/mol. The predicted octanol–water partition coefficient (Wildman–Crippen LogP) is 2.27. The molecule has 0 spiro atoms. The Morgan fingerprint density at radius 2 is 2.20 bits per heavy atom. The summed E-state index contributed by atoms with van der Waals surface area (Å²) in [6.45, 7) is 5.64. The highest BCUT2D eigenvalue weighted by molar-refractivity contribution is 5.96. The molecule has 1 fully saturated rings. The average molecular weight is 275 g/mol. The number of benzene rings is 1. The Hall–Kier alpha value is -2.01. The zero-order valence-corrected chi connectivity index (χ0v) is 11.6. The lowest BCUT2D eigenvalue weighted by Crippen LogP contribution is -2.50. The minimum atomic E-state index is -0.361. The minimum absolute atomic E-state index is 0.144. The van der Waals surface area contributed by atoms with Crippen LogP contribution in [0.25, 0.3) is 11.0 Å². The van der Waals surface area contributed by atoms with Gasteiger partial charge in [0.2, 0.25) is 0 Å². The van der Waals surface area contributed by atoms with Crippen molar-refractivity contribution in [1.82, 2.24) is 5.32 Å². The van der Waals surface area contributed by atoms with Crippen molar-refractivity contribution in [2.45, 2.75) is 20.0 Å². The van der Waals surface area contributed by atoms with E-state index in [0.717, 1.165) is 24.2 Å². The van der Waals surface area contributed by atoms with E-state index in [-0.39, 0.29) is 12.1 Å². The molecule has 0 radical (unpaired) electrons. The highest BCUT2D eigenvalue weighted by Crippen LogP contribution is 2.31. The average Bonchev–Trinajstić information content (AvgIpc) is 2.74. The maximum Gasteiger partial charge on any atom is 0.338 e. The topological polar surface area (TPSA) is 60.7 Å². The van der Waals surface area contributed by atoms with Crippen LogP contribution < -0.4 is 10.1 Å². The maximum absolute atomic E-state index is 11.9. The summed E-state index contributed by atoms with van der Waals surface area (Å²) in [5.74, 6) is 1.10. The minimum Gasteiger partial charge on any atom is -0.487 e. The Morgan fingerprint density at radius 3 is 2.85 bits per heavy atom. The molecule has 5 heteroatoms. The van der Waals surface area contributed by atoms with Crippen LogP contribution >= 0.6 is 0 Å². The van der Waals surface area contributed by atoms with Crippen molar-refractivity contribution in [3.05, 3.63) is 29.5 Å². The van der Waals surface area contributed by atoms with Crippen LogP contribution in [-0.4, -0.2) is 31.8 Å². The molecule has 0 unspecified atom stereocenters. The van der Waals surface area contributed by atoms with Crippen LogP contribution in [0.3, 0.4) is 0 Å². The molecule has 1 aromatic carbocycles. The van der Waals surface area contributed by atoms with Gasteiger partial charge >= 0.3 is 5.97 Å². The standard InChI is InChI=1S/C15H17NO4/c1-3-18-15(17)10-5-13-12(4-9(2)19-13)14(6-10)20-11-7-16-8-11/h4-6,11,16H,3,7-8H2,1-2H3. The largest absolute Gasteiger partial charge is 0.487 e. The fraction of sp³-hybridized carbons (Fsp3) is 0.400. The third kappa shape index (κ3) is 2.36. The molecule has 1 aromatic heterocycles. The number of hydrogen-bond acceptors (Lipinski definition) is 5. The SMILES string of the molecule is CCOC(=O)c1cc(OC2CNC2)c2cc(C)oc2c1. The van der Waals surface area contributed by atoms with E-state index in [2.05, 4.69) is 5.32 Å². The van der Waals surface area contributed by atoms with E-state index in [9.17, 15) is 4.79 Å². The van der Waals surface area contributed by atoms with Gasteiger partial charge in [-0.3, -0.25) is 0 Å². The Labute approximate surface area is 116 Å². The number of rotatable bonds is 4. The first-order chi connectivity index (χ1) is 9.67. The van der Waals surface area contributed by atoms with Crippen LogP contribution in [0.5, 0.6) is 5.75 Å². The molecule has 0 saturated carbocycles. The van der Waals surface area contributed by atoms with Crippen molar-refractivity contribution in [2.24, 2.45) is 0 Å². The number of furan rings is 1. The Morgan fingerprint density at radius 1 is 1.40 bits per heavy atom. The number of aryl methyl sites for hydroxylation is 1. The highest BCUT2D eigenvalue weighted by Gasteiger charge is 2.22. The summed E-state index contributed by atoms with van der Waals surface area (Å²) < 4.78 is 16.6. The van der Waals surface area contributed by atoms with Crippen molar-refractivity contribution >= 4 is 16.9 Å². The second-order valence-electron chi connectivity index (χ2n) is 4.86. The molecule has 20 heavy (non-hydrogen) atoms. The van der Waals surface area contributed by atoms with Gasteiger partial charge in [0.25, 0.3) is 0 Å². The molecule has 1 aliphatic rings. The van der Waals surface area contributed by atoms with Crippen LogP contribution in [0.15, 0.2) is 22.6 Å². The molecular weight excluding hydrogens is 258 g/mol. The summed E-state index contributed by atoms with van der Waals surface area (Å²) in [5, 5.41) is 4.04. The number of ether oxygens (including phenoxy) is 2. The number of carbonyl (C=O) groups is 1. The van der Waals surface area contributed by atoms with Crippen molar-refractivity contribution in [3.63, 3.8) is 0 Å². The van der Waals surface area contributed by atoms with Gasteiger partial charge in [0.1, 0.15) is 23.2 Å². The molecule has 1 saturated heterocycles. The number of hydrogen-bond donors (Lipinski definition) is 1. The highest BCUT2D eigenvalue weighted by atomic mass is 16.5. The summed E-state index contributed by atoms with van der Waals surface area (Å²) in [5.41, 5.74) is 1.10. The quantitative estimate of drug-likeness (QED) is 0.867. The summed E-state index contributed by atoms with van der Waals surface area (Å²) in [4.78, 5) is 11.9. The molecule has 2 heterocycles. The zero-order chi connectivity index (χ0) is 14.1. The molecule has 106 valence electrons. The summed E-state index contributed by atoms with van der Waals surface area (Å²) >= 11 is 0. The summed E-state index contributed by atoms with van der Waals surface area (Å²) in [6, 6.07) is 5.35. The number of nitrogens with one attached hydrogen (secondary N) is 1. The number of esters is 1. The first-order valence-corrected chi connectivity index (χ1v) is 6.76. The van der Waals surface area contributed by atoms with Crippen LogP contribution in [0.4, 0.5) is 0 Å². The van der Waals surface area contributed by atoms with Crippen molar-refractivity contribution < 1.29 is 18.7 Å². The second kappa shape index (κ2) is 5.17. The number of carbonyl (C=O) groups excluding carboxylic acids is 1. The van der Waals surface area contributed by atoms with Crippen LogP contribution in [0.2, 0.25) is 0 Å². The normalized spacial score (nSPS) is 15.1. The van der Waals surface area contributed by atoms with Crippen molar-refractivity contribution in [1.29, 1.82) is 0 Å². The maximum atomic E-state index is 11.9. The molecule has 0 aliphatic carbocycles. The van der Waals surface area contributed by atoms with E-state index >= 15 is 0 Å². The van der Waals surface area contributed by atoms with Crippen LogP contribution in [0, 0.1) is 6.92 Å². The first-order valence-electron chi connectivity index (χ1n) is 6.76. The van der Waals surface area contributed by atoms with Gasteiger partial charge in [0, 0.05) is 13.1 Å². The summed E-state index contributed by atoms with van der Waals surface area (Å²) in [7, 11) is 0. The zero-order valence-electron chi connectivity index (χ0n) is 11.6. The predicted molar refractivity (Wildman–Crippen MR) is 74.2 cm³/mol. The van der Waals surface area contributed by atoms with E-state index in [4.69, 9.17) is 13.9 Å². The lowest BCUT2D eigenvalue weighted by molar-refractivity contribution is 0.0525. The second-order valence-corrected chi connectivity index (χ2v) is 4.86. The van der Waals surface area contributed by atoms with Gasteiger partial charge in [0.15, 0.2) is 0 Å².